The Morgan fingerprint density at radius 3 is 2.55 bits per heavy atom. The van der Waals surface area contributed by atoms with Crippen LogP contribution in [0.1, 0.15) is 37.6 Å². The lowest BCUT2D eigenvalue weighted by Crippen LogP contribution is -2.41. The summed E-state index contributed by atoms with van der Waals surface area (Å²) in [5, 5.41) is 11.4. The fourth-order valence-corrected chi connectivity index (χ4v) is 1.84. The van der Waals surface area contributed by atoms with Crippen LogP contribution in [-0.4, -0.2) is 34.6 Å². The van der Waals surface area contributed by atoms with Crippen molar-refractivity contribution in [1.82, 2.24) is 4.90 Å². The number of urea groups is 1. The molecule has 1 rings (SSSR count). The average Bonchev–Trinajstić information content (AvgIpc) is 2.41. The maximum Gasteiger partial charge on any atom is 0.338 e. The molecular weight excluding hydrogens is 263 g/mol. The Kier molecular flexibility index (Phi) is 5.49. The van der Waals surface area contributed by atoms with Crippen molar-refractivity contribution in [2.75, 3.05) is 11.9 Å². The first-order valence-electron chi connectivity index (χ1n) is 6.51. The number of carboxylic acid groups (broad SMARTS) is 1. The molecule has 0 aliphatic heterocycles. The third-order valence-electron chi connectivity index (χ3n) is 3.17. The number of nitrogens with one attached hydrogen (secondary N) is 1. The van der Waals surface area contributed by atoms with E-state index >= 15 is 0 Å². The zero-order valence-electron chi connectivity index (χ0n) is 11.8. The van der Waals surface area contributed by atoms with Gasteiger partial charge in [0.15, 0.2) is 0 Å². The van der Waals surface area contributed by atoms with Crippen LogP contribution in [0.25, 0.3) is 0 Å². The Labute approximate surface area is 117 Å². The van der Waals surface area contributed by atoms with Gasteiger partial charge in [-0.1, -0.05) is 6.92 Å². The first-order chi connectivity index (χ1) is 9.40. The van der Waals surface area contributed by atoms with Crippen LogP contribution in [0.15, 0.2) is 18.2 Å². The fourth-order valence-electron chi connectivity index (χ4n) is 1.84. The molecule has 0 bridgehead atoms. The zero-order chi connectivity index (χ0) is 15.3. The van der Waals surface area contributed by atoms with E-state index in [1.165, 1.54) is 6.07 Å². The molecule has 0 saturated carbocycles. The SMILES string of the molecule is CCC(C)N(CC)C(=O)Nc1ccc(F)c(C(=O)O)c1. The Balaban J connectivity index is 2.90. The second-order valence-corrected chi connectivity index (χ2v) is 4.47. The summed E-state index contributed by atoms with van der Waals surface area (Å²) in [7, 11) is 0. The maximum absolute atomic E-state index is 13.3. The third kappa shape index (κ3) is 3.69. The molecule has 0 fully saturated rings. The lowest BCUT2D eigenvalue weighted by atomic mass is 10.2. The Morgan fingerprint density at radius 2 is 2.05 bits per heavy atom. The van der Waals surface area contributed by atoms with Gasteiger partial charge in [-0.05, 0) is 38.5 Å². The molecule has 1 aromatic carbocycles. The highest BCUT2D eigenvalue weighted by Crippen LogP contribution is 2.16. The highest BCUT2D eigenvalue weighted by atomic mass is 19.1. The topological polar surface area (TPSA) is 69.6 Å². The fraction of sp³-hybridized carbons (Fsp3) is 0.429. The maximum atomic E-state index is 13.3. The van der Waals surface area contributed by atoms with E-state index in [2.05, 4.69) is 5.32 Å². The summed E-state index contributed by atoms with van der Waals surface area (Å²) in [6.07, 6.45) is 0.811. The molecule has 0 radical (unpaired) electrons. The van der Waals surface area contributed by atoms with Crippen molar-refractivity contribution in [2.24, 2.45) is 0 Å². The van der Waals surface area contributed by atoms with E-state index in [1.54, 1.807) is 4.90 Å². The molecule has 0 spiro atoms. The number of rotatable bonds is 5. The predicted molar refractivity (Wildman–Crippen MR) is 74.5 cm³/mol. The van der Waals surface area contributed by atoms with E-state index in [0.29, 0.717) is 6.54 Å². The lowest BCUT2D eigenvalue weighted by Gasteiger charge is -2.27. The molecule has 0 saturated heterocycles. The van der Waals surface area contributed by atoms with Crippen LogP contribution in [0.5, 0.6) is 0 Å². The summed E-state index contributed by atoms with van der Waals surface area (Å²) < 4.78 is 13.3. The summed E-state index contributed by atoms with van der Waals surface area (Å²) in [5.74, 6) is -2.20. The normalized spacial score (nSPS) is 11.8. The van der Waals surface area contributed by atoms with E-state index in [4.69, 9.17) is 5.11 Å². The van der Waals surface area contributed by atoms with E-state index in [9.17, 15) is 14.0 Å². The summed E-state index contributed by atoms with van der Waals surface area (Å²) in [6.45, 7) is 6.30. The van der Waals surface area contributed by atoms with Crippen molar-refractivity contribution in [3.63, 3.8) is 0 Å². The number of benzene rings is 1. The van der Waals surface area contributed by atoms with Gasteiger partial charge in [0.25, 0.3) is 0 Å². The van der Waals surface area contributed by atoms with Crippen molar-refractivity contribution < 1.29 is 19.1 Å². The number of carbonyl (C=O) groups excluding carboxylic acids is 1. The van der Waals surface area contributed by atoms with Crippen LogP contribution in [-0.2, 0) is 0 Å². The van der Waals surface area contributed by atoms with Crippen LogP contribution in [0.3, 0.4) is 0 Å². The second-order valence-electron chi connectivity index (χ2n) is 4.47. The molecule has 1 atom stereocenters. The molecule has 20 heavy (non-hydrogen) atoms. The minimum atomic E-state index is -1.37. The molecule has 0 heterocycles. The van der Waals surface area contributed by atoms with Crippen LogP contribution >= 0.6 is 0 Å². The van der Waals surface area contributed by atoms with E-state index in [-0.39, 0.29) is 17.8 Å². The number of nitrogens with zero attached hydrogens (tertiary/aromatic N) is 1. The minimum absolute atomic E-state index is 0.0689. The number of hydrogen-bond donors (Lipinski definition) is 2. The van der Waals surface area contributed by atoms with Gasteiger partial charge in [-0.25, -0.2) is 14.0 Å². The largest absolute Gasteiger partial charge is 0.478 e. The molecule has 6 heteroatoms. The van der Waals surface area contributed by atoms with Crippen molar-refractivity contribution in [2.45, 2.75) is 33.2 Å². The van der Waals surface area contributed by atoms with Crippen LogP contribution in [0, 0.1) is 5.82 Å². The highest BCUT2D eigenvalue weighted by molar-refractivity contribution is 5.93. The molecular formula is C14H19FN2O3. The van der Waals surface area contributed by atoms with Gasteiger partial charge in [0, 0.05) is 18.3 Å². The van der Waals surface area contributed by atoms with Gasteiger partial charge in [0.1, 0.15) is 5.82 Å². The Morgan fingerprint density at radius 1 is 1.40 bits per heavy atom. The summed E-state index contributed by atoms with van der Waals surface area (Å²) in [6, 6.07) is 3.21. The van der Waals surface area contributed by atoms with Crippen molar-refractivity contribution in [3.8, 4) is 0 Å². The summed E-state index contributed by atoms with van der Waals surface area (Å²) in [4.78, 5) is 24.6. The summed E-state index contributed by atoms with van der Waals surface area (Å²) >= 11 is 0. The molecule has 110 valence electrons. The first kappa shape index (κ1) is 15.9. The Hall–Kier alpha value is -2.11. The smallest absolute Gasteiger partial charge is 0.338 e. The number of hydrogen-bond acceptors (Lipinski definition) is 2. The van der Waals surface area contributed by atoms with Gasteiger partial charge in [-0.3, -0.25) is 0 Å². The standard InChI is InChI=1S/C14H19FN2O3/c1-4-9(3)17(5-2)14(20)16-10-6-7-12(15)11(8-10)13(18)19/h6-9H,4-5H2,1-3H3,(H,16,20)(H,18,19). The lowest BCUT2D eigenvalue weighted by molar-refractivity contribution is 0.0692. The average molecular weight is 282 g/mol. The predicted octanol–water partition coefficient (Wildman–Crippen LogP) is 3.18. The second kappa shape index (κ2) is 6.88. The molecule has 2 amide bonds. The van der Waals surface area contributed by atoms with E-state index in [1.807, 2.05) is 20.8 Å². The molecule has 5 nitrogen and oxygen atoms in total. The van der Waals surface area contributed by atoms with Crippen LogP contribution in [0.2, 0.25) is 0 Å². The number of halogens is 1. The van der Waals surface area contributed by atoms with Crippen molar-refractivity contribution in [1.29, 1.82) is 0 Å². The van der Waals surface area contributed by atoms with Crippen LogP contribution in [0.4, 0.5) is 14.9 Å². The van der Waals surface area contributed by atoms with Gasteiger partial charge >= 0.3 is 12.0 Å². The first-order valence-corrected chi connectivity index (χ1v) is 6.51. The minimum Gasteiger partial charge on any atom is -0.478 e. The third-order valence-corrected chi connectivity index (χ3v) is 3.17. The van der Waals surface area contributed by atoms with Gasteiger partial charge in [0.05, 0.1) is 5.56 Å². The number of anilines is 1. The Bertz CT molecular complexity index is 505. The van der Waals surface area contributed by atoms with Gasteiger partial charge in [-0.2, -0.15) is 0 Å². The molecule has 0 aromatic heterocycles. The van der Waals surface area contributed by atoms with Crippen LogP contribution < -0.4 is 5.32 Å². The monoisotopic (exact) mass is 282 g/mol. The van der Waals surface area contributed by atoms with E-state index in [0.717, 1.165) is 18.6 Å². The number of carboxylic acids is 1. The number of amides is 2. The van der Waals surface area contributed by atoms with Crippen molar-refractivity contribution >= 4 is 17.7 Å². The molecule has 0 aliphatic carbocycles. The van der Waals surface area contributed by atoms with Gasteiger partial charge < -0.3 is 15.3 Å². The van der Waals surface area contributed by atoms with Gasteiger partial charge in [-0.15, -0.1) is 0 Å². The molecule has 0 aliphatic rings. The molecule has 1 aromatic rings. The number of carbonyl (C=O) groups is 2. The highest BCUT2D eigenvalue weighted by Gasteiger charge is 2.18. The summed E-state index contributed by atoms with van der Waals surface area (Å²) in [5.41, 5.74) is -0.204. The molecule has 1 unspecified atom stereocenters. The van der Waals surface area contributed by atoms with E-state index < -0.39 is 17.3 Å². The quantitative estimate of drug-likeness (QED) is 0.871. The van der Waals surface area contributed by atoms with Crippen molar-refractivity contribution in [3.05, 3.63) is 29.6 Å². The number of aromatic carboxylic acids is 1. The zero-order valence-corrected chi connectivity index (χ0v) is 11.8. The van der Waals surface area contributed by atoms with Gasteiger partial charge in [0.2, 0.25) is 0 Å². The molecule has 2 N–H and O–H groups in total.